The smallest absolute Gasteiger partial charge is 0.408 e. The number of nitrogens with zero attached hydrogens (tertiary/aromatic N) is 2. The Morgan fingerprint density at radius 2 is 2.27 bits per heavy atom. The molecule has 0 atom stereocenters. The quantitative estimate of drug-likeness (QED) is 0.744. The number of carbonyl (C=O) groups excluding carboxylic acids is 1. The summed E-state index contributed by atoms with van der Waals surface area (Å²) in [5, 5.41) is 3.18. The van der Waals surface area contributed by atoms with Crippen molar-refractivity contribution in [2.75, 3.05) is 7.11 Å². The first kappa shape index (κ1) is 11.8. The van der Waals surface area contributed by atoms with Gasteiger partial charge in [-0.05, 0) is 0 Å². The second-order valence-corrected chi connectivity index (χ2v) is 3.04. The maximum atomic E-state index is 11.9. The van der Waals surface area contributed by atoms with Gasteiger partial charge >= 0.3 is 12.1 Å². The molecule has 8 heteroatoms. The van der Waals surface area contributed by atoms with Crippen LogP contribution in [0.2, 0.25) is 5.02 Å². The summed E-state index contributed by atoms with van der Waals surface area (Å²) in [6, 6.07) is 0. The molecule has 0 aliphatic rings. The van der Waals surface area contributed by atoms with Gasteiger partial charge in [-0.2, -0.15) is 18.3 Å². The zero-order chi connectivity index (χ0) is 11.6. The molecule has 0 fully saturated rings. The van der Waals surface area contributed by atoms with Crippen LogP contribution in [0.1, 0.15) is 10.5 Å². The van der Waals surface area contributed by atoms with Crippen molar-refractivity contribution in [3.05, 3.63) is 16.9 Å². The molecule has 0 amide bonds. The van der Waals surface area contributed by atoms with E-state index in [1.807, 2.05) is 0 Å². The highest BCUT2D eigenvalue weighted by molar-refractivity contribution is 6.33. The molecule has 0 saturated heterocycles. The van der Waals surface area contributed by atoms with E-state index in [-0.39, 0.29) is 10.7 Å². The van der Waals surface area contributed by atoms with Crippen molar-refractivity contribution in [1.82, 2.24) is 9.78 Å². The number of ether oxygens (including phenoxy) is 1. The number of rotatable bonds is 2. The van der Waals surface area contributed by atoms with Crippen molar-refractivity contribution in [3.8, 4) is 0 Å². The molecule has 0 spiro atoms. The monoisotopic (exact) mass is 242 g/mol. The van der Waals surface area contributed by atoms with Crippen molar-refractivity contribution < 1.29 is 22.7 Å². The molecule has 0 N–H and O–H groups in total. The molecule has 1 aromatic rings. The number of esters is 1. The minimum Gasteiger partial charge on any atom is -0.464 e. The van der Waals surface area contributed by atoms with Crippen LogP contribution in [-0.2, 0) is 11.3 Å². The molecular formula is C7H6ClF3N2O2. The van der Waals surface area contributed by atoms with Gasteiger partial charge < -0.3 is 4.74 Å². The van der Waals surface area contributed by atoms with Crippen molar-refractivity contribution in [3.63, 3.8) is 0 Å². The first-order chi connectivity index (χ1) is 6.83. The molecule has 4 nitrogen and oxygen atoms in total. The number of alkyl halides is 3. The number of aromatic nitrogens is 2. The molecule has 1 rings (SSSR count). The minimum atomic E-state index is -4.41. The zero-order valence-corrected chi connectivity index (χ0v) is 8.26. The van der Waals surface area contributed by atoms with Crippen molar-refractivity contribution >= 4 is 17.6 Å². The number of halogens is 4. The Kier molecular flexibility index (Phi) is 3.23. The van der Waals surface area contributed by atoms with E-state index in [0.717, 1.165) is 13.3 Å². The van der Waals surface area contributed by atoms with Crippen LogP contribution in [0, 0.1) is 0 Å². The van der Waals surface area contributed by atoms with Gasteiger partial charge in [-0.15, -0.1) is 0 Å². The Morgan fingerprint density at radius 1 is 1.67 bits per heavy atom. The van der Waals surface area contributed by atoms with Crippen molar-refractivity contribution in [1.29, 1.82) is 0 Å². The number of methoxy groups -OCH3 is 1. The Labute approximate surface area is 87.6 Å². The second-order valence-electron chi connectivity index (χ2n) is 2.63. The van der Waals surface area contributed by atoms with Gasteiger partial charge in [0.25, 0.3) is 0 Å². The fourth-order valence-corrected chi connectivity index (χ4v) is 1.12. The van der Waals surface area contributed by atoms with Crippen LogP contribution in [0.4, 0.5) is 13.2 Å². The normalized spacial score (nSPS) is 11.5. The van der Waals surface area contributed by atoms with Crippen LogP contribution in [0.5, 0.6) is 0 Å². The molecule has 0 radical (unpaired) electrons. The summed E-state index contributed by atoms with van der Waals surface area (Å²) in [6.07, 6.45) is -3.50. The van der Waals surface area contributed by atoms with E-state index in [0.29, 0.717) is 4.68 Å². The van der Waals surface area contributed by atoms with Crippen LogP contribution in [0.25, 0.3) is 0 Å². The summed E-state index contributed by atoms with van der Waals surface area (Å²) in [5.41, 5.74) is -0.330. The van der Waals surface area contributed by atoms with Gasteiger partial charge in [0, 0.05) is 6.20 Å². The molecule has 0 saturated carbocycles. The maximum Gasteiger partial charge on any atom is 0.408 e. The lowest BCUT2D eigenvalue weighted by molar-refractivity contribution is -0.142. The van der Waals surface area contributed by atoms with E-state index in [1.54, 1.807) is 0 Å². The third-order valence-corrected chi connectivity index (χ3v) is 1.71. The third-order valence-electron chi connectivity index (χ3n) is 1.44. The van der Waals surface area contributed by atoms with E-state index in [9.17, 15) is 18.0 Å². The van der Waals surface area contributed by atoms with Crippen molar-refractivity contribution in [2.24, 2.45) is 0 Å². The topological polar surface area (TPSA) is 44.1 Å². The predicted octanol–water partition coefficient (Wildman–Crippen LogP) is 1.89. The molecule has 0 aromatic carbocycles. The minimum absolute atomic E-state index is 0.175. The standard InChI is InChI=1S/C7H6ClF3N2O2/c1-15-6(14)5-4(8)2-13(12-5)3-7(9,10)11/h2H,3H2,1H3. The van der Waals surface area contributed by atoms with Gasteiger partial charge in [0.15, 0.2) is 5.69 Å². The highest BCUT2D eigenvalue weighted by atomic mass is 35.5. The van der Waals surface area contributed by atoms with Gasteiger partial charge in [-0.25, -0.2) is 4.79 Å². The second kappa shape index (κ2) is 4.09. The first-order valence-corrected chi connectivity index (χ1v) is 4.09. The van der Waals surface area contributed by atoms with Crippen LogP contribution in [0.15, 0.2) is 6.20 Å². The summed E-state index contributed by atoms with van der Waals surface area (Å²) >= 11 is 5.50. The van der Waals surface area contributed by atoms with Crippen molar-refractivity contribution in [2.45, 2.75) is 12.7 Å². The van der Waals surface area contributed by atoms with Crippen LogP contribution < -0.4 is 0 Å². The summed E-state index contributed by atoms with van der Waals surface area (Å²) in [7, 11) is 1.08. The molecule has 0 aliphatic carbocycles. The van der Waals surface area contributed by atoms with E-state index in [4.69, 9.17) is 11.6 Å². The molecule has 1 aromatic heterocycles. The lowest BCUT2D eigenvalue weighted by atomic mass is 10.4. The van der Waals surface area contributed by atoms with E-state index in [1.165, 1.54) is 0 Å². The molecule has 1 heterocycles. The molecule has 0 unspecified atom stereocenters. The SMILES string of the molecule is COC(=O)c1nn(CC(F)(F)F)cc1Cl. The van der Waals surface area contributed by atoms with Gasteiger partial charge in [-0.1, -0.05) is 11.6 Å². The fourth-order valence-electron chi connectivity index (χ4n) is 0.897. The average molecular weight is 243 g/mol. The summed E-state index contributed by atoms with van der Waals surface area (Å²) in [5.74, 6) is -0.874. The lowest BCUT2D eigenvalue weighted by Crippen LogP contribution is -2.18. The highest BCUT2D eigenvalue weighted by Crippen LogP contribution is 2.20. The largest absolute Gasteiger partial charge is 0.464 e. The van der Waals surface area contributed by atoms with Gasteiger partial charge in [-0.3, -0.25) is 4.68 Å². The Bertz CT molecular complexity index is 375. The predicted molar refractivity (Wildman–Crippen MR) is 44.6 cm³/mol. The first-order valence-electron chi connectivity index (χ1n) is 3.71. The van der Waals surface area contributed by atoms with Crippen LogP contribution in [-0.4, -0.2) is 29.0 Å². The highest BCUT2D eigenvalue weighted by Gasteiger charge is 2.29. The Balaban J connectivity index is 2.91. The average Bonchev–Trinajstić information content (AvgIpc) is 2.42. The molecular weight excluding hydrogens is 237 g/mol. The number of hydrogen-bond donors (Lipinski definition) is 0. The van der Waals surface area contributed by atoms with Crippen LogP contribution in [0.3, 0.4) is 0 Å². The van der Waals surface area contributed by atoms with Gasteiger partial charge in [0.2, 0.25) is 0 Å². The fraction of sp³-hybridized carbons (Fsp3) is 0.429. The zero-order valence-electron chi connectivity index (χ0n) is 7.51. The summed E-state index contributed by atoms with van der Waals surface area (Å²) in [6.45, 7) is -1.30. The lowest BCUT2D eigenvalue weighted by Gasteiger charge is -2.04. The number of carbonyl (C=O) groups is 1. The molecule has 0 bridgehead atoms. The van der Waals surface area contributed by atoms with E-state index in [2.05, 4.69) is 9.84 Å². The van der Waals surface area contributed by atoms with E-state index >= 15 is 0 Å². The van der Waals surface area contributed by atoms with Gasteiger partial charge in [0.05, 0.1) is 12.1 Å². The maximum absolute atomic E-state index is 11.9. The molecule has 84 valence electrons. The molecule has 15 heavy (non-hydrogen) atoms. The number of hydrogen-bond acceptors (Lipinski definition) is 3. The summed E-state index contributed by atoms with van der Waals surface area (Å²) in [4.78, 5) is 10.9. The Morgan fingerprint density at radius 3 is 2.73 bits per heavy atom. The third kappa shape index (κ3) is 3.12. The van der Waals surface area contributed by atoms with E-state index < -0.39 is 18.7 Å². The molecule has 0 aliphatic heterocycles. The van der Waals surface area contributed by atoms with Crippen LogP contribution >= 0.6 is 11.6 Å². The summed E-state index contributed by atoms with van der Waals surface area (Å²) < 4.78 is 40.7. The van der Waals surface area contributed by atoms with Gasteiger partial charge in [0.1, 0.15) is 6.54 Å². The Hall–Kier alpha value is -1.24.